The maximum atomic E-state index is 12.6. The Morgan fingerprint density at radius 3 is 2.29 bits per heavy atom. The summed E-state index contributed by atoms with van der Waals surface area (Å²) in [5, 5.41) is 11.5. The van der Waals surface area contributed by atoms with Crippen LogP contribution < -0.4 is 10.8 Å². The van der Waals surface area contributed by atoms with Crippen molar-refractivity contribution in [1.29, 1.82) is 0 Å². The van der Waals surface area contributed by atoms with Gasteiger partial charge < -0.3 is 9.73 Å². The Morgan fingerprint density at radius 1 is 0.958 bits per heavy atom. The lowest BCUT2D eigenvalue weighted by Gasteiger charge is -2.06. The van der Waals surface area contributed by atoms with E-state index in [0.717, 1.165) is 12.1 Å². The molecule has 0 saturated heterocycles. The molecule has 0 spiro atoms. The maximum absolute atomic E-state index is 12.6. The molecule has 3 rings (SSSR count). The van der Waals surface area contributed by atoms with Gasteiger partial charge in [-0.3, -0.25) is 10.7 Å². The van der Waals surface area contributed by atoms with Crippen LogP contribution in [0, 0.1) is 0 Å². The van der Waals surface area contributed by atoms with Gasteiger partial charge in [0.1, 0.15) is 5.82 Å². The third-order valence-corrected chi connectivity index (χ3v) is 3.13. The summed E-state index contributed by atoms with van der Waals surface area (Å²) in [5.74, 6) is 0.603. The molecule has 9 heteroatoms. The van der Waals surface area contributed by atoms with E-state index in [9.17, 15) is 13.2 Å². The molecule has 3 N–H and O–H groups in total. The van der Waals surface area contributed by atoms with Gasteiger partial charge in [0.05, 0.1) is 23.6 Å². The van der Waals surface area contributed by atoms with Gasteiger partial charge in [-0.1, -0.05) is 12.1 Å². The molecule has 0 bridgehead atoms. The van der Waals surface area contributed by atoms with Crippen LogP contribution in [-0.4, -0.2) is 15.2 Å². The lowest BCUT2D eigenvalue weighted by molar-refractivity contribution is -0.137. The average molecular weight is 336 g/mol. The van der Waals surface area contributed by atoms with Crippen LogP contribution in [0.25, 0.3) is 11.3 Å². The van der Waals surface area contributed by atoms with Crippen LogP contribution in [-0.2, 0) is 6.18 Å². The van der Waals surface area contributed by atoms with Crippen molar-refractivity contribution < 1.29 is 22.8 Å². The van der Waals surface area contributed by atoms with Crippen LogP contribution in [0.15, 0.2) is 53.2 Å². The van der Waals surface area contributed by atoms with Gasteiger partial charge in [0, 0.05) is 5.56 Å². The molecule has 0 aliphatic rings. The van der Waals surface area contributed by atoms with Crippen molar-refractivity contribution in [3.8, 4) is 11.3 Å². The first-order valence-electron chi connectivity index (χ1n) is 6.72. The lowest BCUT2D eigenvalue weighted by atomic mass is 10.1. The molecule has 3 aromatic rings. The zero-order chi connectivity index (χ0) is 17.2. The summed E-state index contributed by atoms with van der Waals surface area (Å²) in [4.78, 5) is 7.90. The van der Waals surface area contributed by atoms with E-state index in [1.807, 2.05) is 5.48 Å². The highest BCUT2D eigenvalue weighted by Crippen LogP contribution is 2.31. The van der Waals surface area contributed by atoms with Gasteiger partial charge in [-0.2, -0.15) is 13.2 Å². The highest BCUT2D eigenvalue weighted by molar-refractivity contribution is 5.60. The molecular weight excluding hydrogens is 325 g/mol. The van der Waals surface area contributed by atoms with E-state index in [4.69, 9.17) is 9.62 Å². The second-order valence-corrected chi connectivity index (χ2v) is 4.77. The van der Waals surface area contributed by atoms with Gasteiger partial charge in [-0.25, -0.2) is 9.97 Å². The molecule has 0 saturated carbocycles. The Morgan fingerprint density at radius 2 is 1.71 bits per heavy atom. The zero-order valence-electron chi connectivity index (χ0n) is 12.0. The maximum Gasteiger partial charge on any atom is 0.416 e. The number of oxazole rings is 1. The van der Waals surface area contributed by atoms with Crippen molar-refractivity contribution in [2.24, 2.45) is 0 Å². The Labute approximate surface area is 133 Å². The summed E-state index contributed by atoms with van der Waals surface area (Å²) in [6, 6.07) is 7.92. The van der Waals surface area contributed by atoms with Crippen molar-refractivity contribution in [2.45, 2.75) is 6.18 Å². The minimum Gasteiger partial charge on any atom is -0.423 e. The predicted octanol–water partition coefficient (Wildman–Crippen LogP) is 4.30. The van der Waals surface area contributed by atoms with Crippen molar-refractivity contribution in [3.05, 3.63) is 54.4 Å². The molecule has 0 atom stereocenters. The third kappa shape index (κ3) is 3.46. The molecule has 0 amide bonds. The summed E-state index contributed by atoms with van der Waals surface area (Å²) >= 11 is 0. The fourth-order valence-electron chi connectivity index (χ4n) is 1.95. The number of alkyl halides is 3. The number of nitrogens with zero attached hydrogens (tertiary/aromatic N) is 2. The minimum atomic E-state index is -4.38. The number of hydrogen-bond acceptors (Lipinski definition) is 6. The Bertz CT molecular complexity index is 814. The summed E-state index contributed by atoms with van der Waals surface area (Å²) in [5.41, 5.74) is 2.21. The summed E-state index contributed by atoms with van der Waals surface area (Å²) < 4.78 is 43.1. The molecule has 0 unspecified atom stereocenters. The Kier molecular flexibility index (Phi) is 4.09. The van der Waals surface area contributed by atoms with E-state index in [1.54, 1.807) is 6.07 Å². The fraction of sp³-hybridized carbons (Fsp3) is 0.0667. The topological polar surface area (TPSA) is 83.2 Å². The largest absolute Gasteiger partial charge is 0.423 e. The molecule has 124 valence electrons. The molecule has 1 aromatic carbocycles. The highest BCUT2D eigenvalue weighted by atomic mass is 19.4. The first-order chi connectivity index (χ1) is 11.5. The summed E-state index contributed by atoms with van der Waals surface area (Å²) in [6.45, 7) is 0. The average Bonchev–Trinajstić information content (AvgIpc) is 3.03. The van der Waals surface area contributed by atoms with E-state index >= 15 is 0 Å². The van der Waals surface area contributed by atoms with E-state index in [2.05, 4.69) is 15.3 Å². The Balaban J connectivity index is 1.75. The number of anilines is 3. The second-order valence-electron chi connectivity index (χ2n) is 4.77. The molecular formula is C15H11F3N4O2. The molecule has 0 fully saturated rings. The van der Waals surface area contributed by atoms with E-state index in [0.29, 0.717) is 17.0 Å². The van der Waals surface area contributed by atoms with Crippen molar-refractivity contribution in [2.75, 3.05) is 10.8 Å². The van der Waals surface area contributed by atoms with Crippen LogP contribution in [0.1, 0.15) is 5.56 Å². The van der Waals surface area contributed by atoms with Gasteiger partial charge >= 0.3 is 6.18 Å². The van der Waals surface area contributed by atoms with Crippen LogP contribution in [0.2, 0.25) is 0 Å². The fourth-order valence-corrected chi connectivity index (χ4v) is 1.95. The second kappa shape index (κ2) is 6.20. The number of hydrogen-bond donors (Lipinski definition) is 3. The molecule has 6 nitrogen and oxygen atoms in total. The highest BCUT2D eigenvalue weighted by Gasteiger charge is 2.30. The minimum absolute atomic E-state index is 0.163. The van der Waals surface area contributed by atoms with E-state index in [-0.39, 0.29) is 11.8 Å². The number of aromatic nitrogens is 2. The zero-order valence-corrected chi connectivity index (χ0v) is 12.0. The molecule has 0 aliphatic carbocycles. The summed E-state index contributed by atoms with van der Waals surface area (Å²) in [7, 11) is 0. The summed E-state index contributed by atoms with van der Waals surface area (Å²) in [6.07, 6.45) is -1.53. The quantitative estimate of drug-likeness (QED) is 0.616. The van der Waals surface area contributed by atoms with Crippen LogP contribution in [0.4, 0.5) is 30.7 Å². The number of benzene rings is 1. The van der Waals surface area contributed by atoms with Crippen LogP contribution in [0.5, 0.6) is 0 Å². The SMILES string of the molecule is ONc1ccc(Nc2ncc(-c3ccc(C(F)(F)F)cc3)o2)cn1. The van der Waals surface area contributed by atoms with Crippen molar-refractivity contribution in [3.63, 3.8) is 0 Å². The van der Waals surface area contributed by atoms with Gasteiger partial charge in [-0.15, -0.1) is 0 Å². The normalized spacial score (nSPS) is 11.3. The monoisotopic (exact) mass is 336 g/mol. The van der Waals surface area contributed by atoms with Gasteiger partial charge in [-0.05, 0) is 24.3 Å². The number of halogens is 3. The van der Waals surface area contributed by atoms with E-state index < -0.39 is 11.7 Å². The van der Waals surface area contributed by atoms with Gasteiger partial charge in [0.25, 0.3) is 6.01 Å². The molecule has 0 radical (unpaired) electrons. The van der Waals surface area contributed by atoms with Gasteiger partial charge in [0.2, 0.25) is 0 Å². The molecule has 24 heavy (non-hydrogen) atoms. The van der Waals surface area contributed by atoms with Gasteiger partial charge in [0.15, 0.2) is 5.76 Å². The molecule has 2 aromatic heterocycles. The van der Waals surface area contributed by atoms with Crippen LogP contribution >= 0.6 is 0 Å². The first kappa shape index (κ1) is 15.8. The van der Waals surface area contributed by atoms with E-state index in [1.165, 1.54) is 30.6 Å². The number of nitrogens with one attached hydrogen (secondary N) is 2. The molecule has 0 aliphatic heterocycles. The van der Waals surface area contributed by atoms with Crippen molar-refractivity contribution in [1.82, 2.24) is 9.97 Å². The first-order valence-corrected chi connectivity index (χ1v) is 6.72. The van der Waals surface area contributed by atoms with Crippen molar-refractivity contribution >= 4 is 17.5 Å². The number of rotatable bonds is 4. The third-order valence-electron chi connectivity index (χ3n) is 3.13. The smallest absolute Gasteiger partial charge is 0.416 e. The number of pyridine rings is 1. The van der Waals surface area contributed by atoms with Crippen LogP contribution in [0.3, 0.4) is 0 Å². The lowest BCUT2D eigenvalue weighted by Crippen LogP contribution is -2.03. The Hall–Kier alpha value is -3.07. The molecule has 2 heterocycles. The standard InChI is InChI=1S/C15H11F3N4O2/c16-15(17,18)10-3-1-9(2-4-10)12-8-20-14(24-12)21-11-5-6-13(22-23)19-7-11/h1-8,23H,(H,19,22)(H,20,21). The predicted molar refractivity (Wildman–Crippen MR) is 79.9 cm³/mol.